The Morgan fingerprint density at radius 2 is 2.17 bits per heavy atom. The second-order valence-electron chi connectivity index (χ2n) is 4.31. The third kappa shape index (κ3) is 2.11. The van der Waals surface area contributed by atoms with Gasteiger partial charge in [-0.05, 0) is 25.5 Å². The first kappa shape index (κ1) is 12.3. The Balaban J connectivity index is 2.18. The minimum Gasteiger partial charge on any atom is -0.481 e. The normalized spacial score (nSPS) is 23.1. The molecule has 3 N–H and O–H groups in total. The van der Waals surface area contributed by atoms with Crippen LogP contribution in [0.1, 0.15) is 23.8 Å². The Bertz CT molecular complexity index is 474. The van der Waals surface area contributed by atoms with Crippen LogP contribution in [0.4, 0.5) is 5.82 Å². The topological polar surface area (TPSA) is 109 Å². The van der Waals surface area contributed by atoms with Gasteiger partial charge in [-0.25, -0.2) is 0 Å². The Morgan fingerprint density at radius 3 is 2.61 bits per heavy atom. The smallest absolute Gasteiger partial charge is 0.308 e. The van der Waals surface area contributed by atoms with Crippen LogP contribution in [0.25, 0.3) is 0 Å². The van der Waals surface area contributed by atoms with E-state index >= 15 is 0 Å². The first-order valence-corrected chi connectivity index (χ1v) is 5.63. The summed E-state index contributed by atoms with van der Waals surface area (Å²) in [5.74, 6) is -1.27. The highest BCUT2D eigenvalue weighted by Crippen LogP contribution is 2.28. The van der Waals surface area contributed by atoms with Gasteiger partial charge in [0.15, 0.2) is 11.5 Å². The number of carbonyl (C=O) groups excluding carboxylic acids is 1. The van der Waals surface area contributed by atoms with Gasteiger partial charge in [0.25, 0.3) is 5.91 Å². The molecular formula is C11H14N4O3. The van der Waals surface area contributed by atoms with Crippen LogP contribution in [0.3, 0.4) is 0 Å². The van der Waals surface area contributed by atoms with E-state index in [-0.39, 0.29) is 11.7 Å². The van der Waals surface area contributed by atoms with Crippen LogP contribution >= 0.6 is 0 Å². The van der Waals surface area contributed by atoms with Crippen molar-refractivity contribution in [3.05, 3.63) is 17.8 Å². The molecule has 2 rings (SSSR count). The maximum atomic E-state index is 11.0. The monoisotopic (exact) mass is 250 g/mol. The average molecular weight is 250 g/mol. The zero-order chi connectivity index (χ0) is 13.3. The number of carboxylic acids is 1. The van der Waals surface area contributed by atoms with E-state index < -0.39 is 17.8 Å². The minimum atomic E-state index is -0.799. The molecule has 1 aliphatic rings. The summed E-state index contributed by atoms with van der Waals surface area (Å²) in [5.41, 5.74) is 5.17. The number of aliphatic carboxylic acids is 1. The SMILES string of the molecule is CC1C(C(=O)O)CCN1c1ccc(C(N)=O)nn1. The van der Waals surface area contributed by atoms with Gasteiger partial charge in [-0.3, -0.25) is 9.59 Å². The number of rotatable bonds is 3. The van der Waals surface area contributed by atoms with Crippen molar-refractivity contribution in [3.8, 4) is 0 Å². The average Bonchev–Trinajstić information content (AvgIpc) is 2.71. The maximum absolute atomic E-state index is 11.0. The molecule has 2 unspecified atom stereocenters. The van der Waals surface area contributed by atoms with Gasteiger partial charge in [-0.1, -0.05) is 0 Å². The number of nitrogens with zero attached hydrogens (tertiary/aromatic N) is 3. The van der Waals surface area contributed by atoms with E-state index in [2.05, 4.69) is 10.2 Å². The lowest BCUT2D eigenvalue weighted by atomic mass is 10.0. The molecule has 1 fully saturated rings. The van der Waals surface area contributed by atoms with Gasteiger partial charge >= 0.3 is 5.97 Å². The number of carbonyl (C=O) groups is 2. The quantitative estimate of drug-likeness (QED) is 0.773. The van der Waals surface area contributed by atoms with Crippen LogP contribution in [0.5, 0.6) is 0 Å². The molecule has 2 atom stereocenters. The number of nitrogens with two attached hydrogens (primary N) is 1. The van der Waals surface area contributed by atoms with E-state index in [0.29, 0.717) is 18.8 Å². The van der Waals surface area contributed by atoms with Crippen molar-refractivity contribution >= 4 is 17.7 Å². The van der Waals surface area contributed by atoms with Crippen LogP contribution in [-0.4, -0.2) is 39.8 Å². The predicted molar refractivity (Wildman–Crippen MR) is 63.1 cm³/mol. The molecule has 1 aliphatic heterocycles. The van der Waals surface area contributed by atoms with E-state index in [1.807, 2.05) is 11.8 Å². The summed E-state index contributed by atoms with van der Waals surface area (Å²) in [7, 11) is 0. The number of hydrogen-bond acceptors (Lipinski definition) is 5. The van der Waals surface area contributed by atoms with Crippen LogP contribution in [-0.2, 0) is 4.79 Å². The Labute approximate surface area is 104 Å². The fourth-order valence-corrected chi connectivity index (χ4v) is 2.20. The lowest BCUT2D eigenvalue weighted by Gasteiger charge is -2.23. The minimum absolute atomic E-state index is 0.0976. The summed E-state index contributed by atoms with van der Waals surface area (Å²) in [4.78, 5) is 23.7. The largest absolute Gasteiger partial charge is 0.481 e. The molecule has 0 bridgehead atoms. The predicted octanol–water partition coefficient (Wildman–Crippen LogP) is -0.125. The van der Waals surface area contributed by atoms with E-state index in [4.69, 9.17) is 10.8 Å². The van der Waals surface area contributed by atoms with Crippen molar-refractivity contribution in [2.24, 2.45) is 11.7 Å². The Morgan fingerprint density at radius 1 is 1.44 bits per heavy atom. The van der Waals surface area contributed by atoms with Crippen LogP contribution in [0.2, 0.25) is 0 Å². The number of anilines is 1. The van der Waals surface area contributed by atoms with Crippen molar-refractivity contribution in [1.82, 2.24) is 10.2 Å². The summed E-state index contributed by atoms with van der Waals surface area (Å²) in [6.07, 6.45) is 0.579. The summed E-state index contributed by atoms with van der Waals surface area (Å²) >= 11 is 0. The molecule has 0 spiro atoms. The summed E-state index contributed by atoms with van der Waals surface area (Å²) < 4.78 is 0. The summed E-state index contributed by atoms with van der Waals surface area (Å²) in [6, 6.07) is 2.98. The number of primary amides is 1. The van der Waals surface area contributed by atoms with Gasteiger partial charge in [0, 0.05) is 12.6 Å². The van der Waals surface area contributed by atoms with Crippen LogP contribution in [0, 0.1) is 5.92 Å². The molecule has 2 heterocycles. The van der Waals surface area contributed by atoms with Crippen molar-refractivity contribution in [2.45, 2.75) is 19.4 Å². The standard InChI is InChI=1S/C11H14N4O3/c1-6-7(11(17)18)4-5-15(6)9-3-2-8(10(12)16)13-14-9/h2-3,6-7H,4-5H2,1H3,(H2,12,16)(H,17,18). The highest BCUT2D eigenvalue weighted by molar-refractivity contribution is 5.90. The van der Waals surface area contributed by atoms with Gasteiger partial charge in [-0.2, -0.15) is 0 Å². The van der Waals surface area contributed by atoms with Crippen molar-refractivity contribution < 1.29 is 14.7 Å². The Kier molecular flexibility index (Phi) is 3.14. The van der Waals surface area contributed by atoms with Gasteiger partial charge < -0.3 is 15.7 Å². The zero-order valence-electron chi connectivity index (χ0n) is 9.91. The number of hydrogen-bond donors (Lipinski definition) is 2. The van der Waals surface area contributed by atoms with E-state index in [0.717, 1.165) is 0 Å². The molecule has 0 aliphatic carbocycles. The maximum Gasteiger partial charge on any atom is 0.308 e. The second kappa shape index (κ2) is 4.59. The zero-order valence-corrected chi connectivity index (χ0v) is 9.91. The Hall–Kier alpha value is -2.18. The van der Waals surface area contributed by atoms with Crippen LogP contribution in [0.15, 0.2) is 12.1 Å². The number of aromatic nitrogens is 2. The van der Waals surface area contributed by atoms with E-state index in [9.17, 15) is 9.59 Å². The van der Waals surface area contributed by atoms with Crippen LogP contribution < -0.4 is 10.6 Å². The van der Waals surface area contributed by atoms with E-state index in [1.54, 1.807) is 6.07 Å². The molecule has 1 aromatic rings. The lowest BCUT2D eigenvalue weighted by Crippen LogP contribution is -2.33. The molecule has 1 aromatic heterocycles. The third-order valence-electron chi connectivity index (χ3n) is 3.27. The molecule has 96 valence electrons. The number of amides is 1. The van der Waals surface area contributed by atoms with Gasteiger partial charge in [0.05, 0.1) is 5.92 Å². The fourth-order valence-electron chi connectivity index (χ4n) is 2.20. The molecular weight excluding hydrogens is 236 g/mol. The fraction of sp³-hybridized carbons (Fsp3) is 0.455. The van der Waals surface area contributed by atoms with Gasteiger partial charge in [0.2, 0.25) is 0 Å². The summed E-state index contributed by atoms with van der Waals surface area (Å²) in [5, 5.41) is 16.7. The first-order valence-electron chi connectivity index (χ1n) is 5.63. The second-order valence-corrected chi connectivity index (χ2v) is 4.31. The molecule has 18 heavy (non-hydrogen) atoms. The highest BCUT2D eigenvalue weighted by Gasteiger charge is 2.36. The van der Waals surface area contributed by atoms with Gasteiger partial charge in [-0.15, -0.1) is 10.2 Å². The number of carboxylic acid groups (broad SMARTS) is 1. The third-order valence-corrected chi connectivity index (χ3v) is 3.27. The molecule has 0 radical (unpaired) electrons. The molecule has 1 amide bonds. The van der Waals surface area contributed by atoms with Crippen molar-refractivity contribution in [2.75, 3.05) is 11.4 Å². The molecule has 0 saturated carbocycles. The van der Waals surface area contributed by atoms with Gasteiger partial charge in [0.1, 0.15) is 0 Å². The molecule has 0 aromatic carbocycles. The molecule has 7 heteroatoms. The highest BCUT2D eigenvalue weighted by atomic mass is 16.4. The lowest BCUT2D eigenvalue weighted by molar-refractivity contribution is -0.141. The summed E-state index contributed by atoms with van der Waals surface area (Å²) in [6.45, 7) is 2.46. The van der Waals surface area contributed by atoms with Crippen molar-refractivity contribution in [1.29, 1.82) is 0 Å². The van der Waals surface area contributed by atoms with Crippen molar-refractivity contribution in [3.63, 3.8) is 0 Å². The molecule has 1 saturated heterocycles. The first-order chi connectivity index (χ1) is 8.50. The molecule has 7 nitrogen and oxygen atoms in total. The van der Waals surface area contributed by atoms with E-state index in [1.165, 1.54) is 6.07 Å².